The van der Waals surface area contributed by atoms with Crippen molar-refractivity contribution in [2.24, 2.45) is 0 Å². The van der Waals surface area contributed by atoms with Gasteiger partial charge in [-0.3, -0.25) is 0 Å². The van der Waals surface area contributed by atoms with Gasteiger partial charge in [-0.2, -0.15) is 0 Å². The molecule has 0 aliphatic carbocycles. The lowest BCUT2D eigenvalue weighted by Crippen LogP contribution is -2.08. The van der Waals surface area contributed by atoms with Crippen LogP contribution in [0.15, 0.2) is 24.3 Å². The zero-order valence-corrected chi connectivity index (χ0v) is 11.6. The van der Waals surface area contributed by atoms with Crippen molar-refractivity contribution in [2.75, 3.05) is 6.61 Å². The summed E-state index contributed by atoms with van der Waals surface area (Å²) in [5.41, 5.74) is 2.36. The predicted molar refractivity (Wildman–Crippen MR) is 77.2 cm³/mol. The molecule has 1 atom stereocenters. The summed E-state index contributed by atoms with van der Waals surface area (Å²) in [5.74, 6) is 1.13. The Hall–Kier alpha value is -1.35. The van der Waals surface area contributed by atoms with Crippen LogP contribution in [0.3, 0.4) is 0 Å². The summed E-state index contributed by atoms with van der Waals surface area (Å²) < 4.78 is 8.21. The first-order valence-corrected chi connectivity index (χ1v) is 7.47. The number of hydrogen-bond donors (Lipinski definition) is 0. The summed E-state index contributed by atoms with van der Waals surface area (Å²) in [4.78, 5) is 4.81. The summed E-state index contributed by atoms with van der Waals surface area (Å²) in [6, 6.07) is 8.43. The molecule has 1 unspecified atom stereocenters. The highest BCUT2D eigenvalue weighted by molar-refractivity contribution is 5.76. The fourth-order valence-electron chi connectivity index (χ4n) is 2.88. The summed E-state index contributed by atoms with van der Waals surface area (Å²) >= 11 is 0. The maximum Gasteiger partial charge on any atom is 0.139 e. The second kappa shape index (κ2) is 5.74. The molecule has 102 valence electrons. The number of imidazole rings is 1. The molecule has 1 aliphatic heterocycles. The van der Waals surface area contributed by atoms with Gasteiger partial charge in [0.2, 0.25) is 0 Å². The van der Waals surface area contributed by atoms with Crippen LogP contribution in [-0.4, -0.2) is 16.2 Å². The zero-order valence-electron chi connectivity index (χ0n) is 11.6. The van der Waals surface area contributed by atoms with E-state index in [1.165, 1.54) is 24.8 Å². The molecule has 19 heavy (non-hydrogen) atoms. The highest BCUT2D eigenvalue weighted by Crippen LogP contribution is 2.30. The third-order valence-corrected chi connectivity index (χ3v) is 3.89. The van der Waals surface area contributed by atoms with Crippen LogP contribution in [0.25, 0.3) is 11.0 Å². The maximum absolute atomic E-state index is 5.83. The molecule has 0 saturated carbocycles. The maximum atomic E-state index is 5.83. The Morgan fingerprint density at radius 3 is 3.00 bits per heavy atom. The number of fused-ring (bicyclic) bond motifs is 1. The van der Waals surface area contributed by atoms with Crippen LogP contribution in [0, 0.1) is 0 Å². The van der Waals surface area contributed by atoms with Crippen molar-refractivity contribution < 1.29 is 4.74 Å². The highest BCUT2D eigenvalue weighted by atomic mass is 16.5. The van der Waals surface area contributed by atoms with Gasteiger partial charge >= 0.3 is 0 Å². The van der Waals surface area contributed by atoms with E-state index in [-0.39, 0.29) is 6.10 Å². The molecule has 3 nitrogen and oxygen atoms in total. The first-order chi connectivity index (χ1) is 9.40. The average Bonchev–Trinajstić information content (AvgIpc) is 3.06. The lowest BCUT2D eigenvalue weighted by molar-refractivity contribution is 0.102. The third-order valence-electron chi connectivity index (χ3n) is 3.89. The molecule has 0 N–H and O–H groups in total. The summed E-state index contributed by atoms with van der Waals surface area (Å²) in [6.45, 7) is 4.18. The number of benzene rings is 1. The van der Waals surface area contributed by atoms with Crippen molar-refractivity contribution in [3.63, 3.8) is 0 Å². The highest BCUT2D eigenvalue weighted by Gasteiger charge is 2.24. The smallest absolute Gasteiger partial charge is 0.139 e. The quantitative estimate of drug-likeness (QED) is 0.756. The first kappa shape index (κ1) is 12.7. The second-order valence-corrected chi connectivity index (χ2v) is 5.32. The Kier molecular flexibility index (Phi) is 3.83. The van der Waals surface area contributed by atoms with E-state index in [0.717, 1.165) is 37.3 Å². The van der Waals surface area contributed by atoms with Crippen molar-refractivity contribution in [3.05, 3.63) is 30.1 Å². The molecule has 3 heteroatoms. The minimum absolute atomic E-state index is 0.203. The number of aromatic nitrogens is 2. The fraction of sp³-hybridized carbons (Fsp3) is 0.562. The Bertz CT molecular complexity index is 541. The van der Waals surface area contributed by atoms with E-state index in [1.807, 2.05) is 0 Å². The van der Waals surface area contributed by atoms with Gasteiger partial charge in [0.1, 0.15) is 11.9 Å². The minimum atomic E-state index is 0.203. The molecule has 1 fully saturated rings. The third kappa shape index (κ3) is 2.52. The Labute approximate surface area is 114 Å². The van der Waals surface area contributed by atoms with Crippen LogP contribution in [0.1, 0.15) is 51.0 Å². The minimum Gasteiger partial charge on any atom is -0.370 e. The number of ether oxygens (including phenoxy) is 1. The van der Waals surface area contributed by atoms with Crippen LogP contribution < -0.4 is 0 Å². The molecular formula is C16H22N2O. The van der Waals surface area contributed by atoms with Crippen LogP contribution in [0.5, 0.6) is 0 Å². The number of nitrogens with zero attached hydrogens (tertiary/aromatic N) is 2. The number of unbranched alkanes of at least 4 members (excludes halogenated alkanes) is 2. The van der Waals surface area contributed by atoms with Crippen LogP contribution in [-0.2, 0) is 11.3 Å². The molecule has 0 spiro atoms. The second-order valence-electron chi connectivity index (χ2n) is 5.32. The summed E-state index contributed by atoms with van der Waals surface area (Å²) in [6.07, 6.45) is 6.21. The van der Waals surface area contributed by atoms with E-state index in [1.54, 1.807) is 0 Å². The van der Waals surface area contributed by atoms with Gasteiger partial charge in [-0.25, -0.2) is 4.98 Å². The van der Waals surface area contributed by atoms with E-state index in [4.69, 9.17) is 9.72 Å². The Morgan fingerprint density at radius 1 is 1.32 bits per heavy atom. The fourth-order valence-corrected chi connectivity index (χ4v) is 2.88. The molecule has 0 bridgehead atoms. The molecule has 2 aromatic rings. The lowest BCUT2D eigenvalue weighted by Gasteiger charge is -2.13. The van der Waals surface area contributed by atoms with Gasteiger partial charge in [0.15, 0.2) is 0 Å². The van der Waals surface area contributed by atoms with Crippen molar-refractivity contribution in [1.82, 2.24) is 9.55 Å². The number of rotatable bonds is 5. The van der Waals surface area contributed by atoms with Crippen LogP contribution in [0.4, 0.5) is 0 Å². The lowest BCUT2D eigenvalue weighted by atomic mass is 10.2. The Morgan fingerprint density at radius 2 is 2.21 bits per heavy atom. The molecular weight excluding hydrogens is 236 g/mol. The van der Waals surface area contributed by atoms with Crippen molar-refractivity contribution in [3.8, 4) is 0 Å². The average molecular weight is 258 g/mol. The van der Waals surface area contributed by atoms with Crippen LogP contribution in [0.2, 0.25) is 0 Å². The van der Waals surface area contributed by atoms with Gasteiger partial charge in [-0.05, 0) is 31.4 Å². The van der Waals surface area contributed by atoms with Gasteiger partial charge in [-0.1, -0.05) is 31.9 Å². The summed E-state index contributed by atoms with van der Waals surface area (Å²) in [5, 5.41) is 0. The van der Waals surface area contributed by atoms with Gasteiger partial charge in [-0.15, -0.1) is 0 Å². The first-order valence-electron chi connectivity index (χ1n) is 7.47. The molecule has 0 amide bonds. The largest absolute Gasteiger partial charge is 0.370 e. The molecule has 3 rings (SSSR count). The topological polar surface area (TPSA) is 27.1 Å². The van der Waals surface area contributed by atoms with Crippen molar-refractivity contribution >= 4 is 11.0 Å². The Balaban J connectivity index is 1.95. The zero-order chi connectivity index (χ0) is 13.1. The molecule has 1 aliphatic rings. The number of aryl methyl sites for hydroxylation is 1. The summed E-state index contributed by atoms with van der Waals surface area (Å²) in [7, 11) is 0. The monoisotopic (exact) mass is 258 g/mol. The molecule has 1 saturated heterocycles. The predicted octanol–water partition coefficient (Wildman–Crippen LogP) is 4.08. The van der Waals surface area contributed by atoms with Crippen LogP contribution >= 0.6 is 0 Å². The van der Waals surface area contributed by atoms with Crippen molar-refractivity contribution in [2.45, 2.75) is 51.7 Å². The number of hydrogen-bond acceptors (Lipinski definition) is 2. The van der Waals surface area contributed by atoms with E-state index >= 15 is 0 Å². The normalized spacial score (nSPS) is 19.3. The van der Waals surface area contributed by atoms with E-state index in [0.29, 0.717) is 0 Å². The van der Waals surface area contributed by atoms with E-state index < -0.39 is 0 Å². The molecule has 2 heterocycles. The molecule has 0 radical (unpaired) electrons. The van der Waals surface area contributed by atoms with E-state index in [2.05, 4.69) is 35.8 Å². The van der Waals surface area contributed by atoms with E-state index in [9.17, 15) is 0 Å². The molecule has 1 aromatic heterocycles. The molecule has 1 aromatic carbocycles. The van der Waals surface area contributed by atoms with Gasteiger partial charge in [0, 0.05) is 13.2 Å². The van der Waals surface area contributed by atoms with Gasteiger partial charge < -0.3 is 9.30 Å². The standard InChI is InChI=1S/C16H22N2O/c1-2-3-6-11-18-14-9-5-4-8-13(14)17-16(18)15-10-7-12-19-15/h4-5,8-9,15H,2-3,6-7,10-12H2,1H3. The number of para-hydroxylation sites is 2. The van der Waals surface area contributed by atoms with Gasteiger partial charge in [0.25, 0.3) is 0 Å². The van der Waals surface area contributed by atoms with Gasteiger partial charge in [0.05, 0.1) is 11.0 Å². The SMILES string of the molecule is CCCCCn1c(C2CCCO2)nc2ccccc21. The van der Waals surface area contributed by atoms with Crippen molar-refractivity contribution in [1.29, 1.82) is 0 Å².